The molecule has 1 amide bonds. The first-order valence-electron chi connectivity index (χ1n) is 10.4. The number of carbonyl (C=O) groups is 1. The van der Waals surface area contributed by atoms with Gasteiger partial charge in [0.15, 0.2) is 0 Å². The van der Waals surface area contributed by atoms with E-state index in [0.717, 1.165) is 29.5 Å². The number of benzene rings is 3. The van der Waals surface area contributed by atoms with Gasteiger partial charge in [-0.2, -0.15) is 0 Å². The predicted octanol–water partition coefficient (Wildman–Crippen LogP) is 5.46. The van der Waals surface area contributed by atoms with Crippen LogP contribution in [0.25, 0.3) is 22.9 Å². The Morgan fingerprint density at radius 3 is 2.32 bits per heavy atom. The van der Waals surface area contributed by atoms with E-state index in [2.05, 4.69) is 27.6 Å². The molecule has 0 aliphatic heterocycles. The summed E-state index contributed by atoms with van der Waals surface area (Å²) in [6.07, 6.45) is 1.82. The number of carbonyl (C=O) groups excluding carboxylic acids is 1. The summed E-state index contributed by atoms with van der Waals surface area (Å²) in [5.74, 6) is 0.835. The van der Waals surface area contributed by atoms with E-state index in [1.54, 1.807) is 12.1 Å². The Hall–Kier alpha value is -3.73. The minimum atomic E-state index is -0.0850. The Morgan fingerprint density at radius 2 is 1.58 bits per heavy atom. The zero-order chi connectivity index (χ0) is 21.6. The first-order chi connectivity index (χ1) is 15.1. The quantitative estimate of drug-likeness (QED) is 0.438. The summed E-state index contributed by atoms with van der Waals surface area (Å²) in [6.45, 7) is 4.04. The molecule has 31 heavy (non-hydrogen) atoms. The molecule has 1 heterocycles. The Morgan fingerprint density at radius 1 is 0.903 bits per heavy atom. The Balaban J connectivity index is 1.38. The lowest BCUT2D eigenvalue weighted by atomic mass is 10.1. The molecule has 1 N–H and O–H groups in total. The first kappa shape index (κ1) is 20.5. The monoisotopic (exact) mass is 411 g/mol. The lowest BCUT2D eigenvalue weighted by Crippen LogP contribution is -2.32. The molecule has 3 aromatic carbocycles. The third-order valence-electron chi connectivity index (χ3n) is 5.28. The predicted molar refractivity (Wildman–Crippen MR) is 122 cm³/mol. The van der Waals surface area contributed by atoms with Crippen molar-refractivity contribution in [2.75, 3.05) is 0 Å². The fourth-order valence-electron chi connectivity index (χ4n) is 3.43. The molecule has 1 unspecified atom stereocenters. The van der Waals surface area contributed by atoms with Crippen LogP contribution in [-0.4, -0.2) is 22.1 Å². The topological polar surface area (TPSA) is 68.0 Å². The van der Waals surface area contributed by atoms with Crippen molar-refractivity contribution in [1.29, 1.82) is 0 Å². The van der Waals surface area contributed by atoms with Crippen molar-refractivity contribution in [3.63, 3.8) is 0 Å². The van der Waals surface area contributed by atoms with Crippen LogP contribution in [0.15, 0.2) is 83.3 Å². The first-order valence-corrected chi connectivity index (χ1v) is 10.4. The summed E-state index contributed by atoms with van der Waals surface area (Å²) < 4.78 is 5.85. The summed E-state index contributed by atoms with van der Waals surface area (Å²) in [5.41, 5.74) is 4.65. The molecule has 1 atom stereocenters. The molecule has 0 aliphatic carbocycles. The molecule has 0 radical (unpaired) electrons. The van der Waals surface area contributed by atoms with Crippen LogP contribution in [0.5, 0.6) is 0 Å². The number of hydrogen-bond acceptors (Lipinski definition) is 4. The summed E-state index contributed by atoms with van der Waals surface area (Å²) in [5, 5.41) is 11.4. The van der Waals surface area contributed by atoms with Gasteiger partial charge in [0.2, 0.25) is 11.8 Å². The Bertz CT molecular complexity index is 1150. The van der Waals surface area contributed by atoms with Crippen LogP contribution < -0.4 is 5.32 Å². The molecule has 5 heteroatoms. The largest absolute Gasteiger partial charge is 0.416 e. The highest BCUT2D eigenvalue weighted by Gasteiger charge is 2.14. The number of aromatic nitrogens is 2. The molecular weight excluding hydrogens is 386 g/mol. The van der Waals surface area contributed by atoms with Crippen molar-refractivity contribution in [3.05, 3.63) is 95.6 Å². The molecule has 1 aromatic heterocycles. The van der Waals surface area contributed by atoms with Crippen molar-refractivity contribution in [3.8, 4) is 22.9 Å². The summed E-state index contributed by atoms with van der Waals surface area (Å²) in [4.78, 5) is 12.6. The molecule has 4 aromatic rings. The molecule has 0 spiro atoms. The van der Waals surface area contributed by atoms with Crippen LogP contribution in [0.4, 0.5) is 0 Å². The van der Waals surface area contributed by atoms with E-state index in [9.17, 15) is 4.79 Å². The van der Waals surface area contributed by atoms with Crippen LogP contribution >= 0.6 is 0 Å². The van der Waals surface area contributed by atoms with Gasteiger partial charge in [-0.3, -0.25) is 4.79 Å². The molecule has 0 aliphatic rings. The third-order valence-corrected chi connectivity index (χ3v) is 5.28. The zero-order valence-electron chi connectivity index (χ0n) is 17.7. The van der Waals surface area contributed by atoms with Gasteiger partial charge < -0.3 is 9.73 Å². The molecule has 0 saturated heterocycles. The lowest BCUT2D eigenvalue weighted by Gasteiger charge is -2.14. The fourth-order valence-corrected chi connectivity index (χ4v) is 3.43. The van der Waals surface area contributed by atoms with Crippen molar-refractivity contribution in [1.82, 2.24) is 15.5 Å². The van der Waals surface area contributed by atoms with Gasteiger partial charge >= 0.3 is 0 Å². The summed E-state index contributed by atoms with van der Waals surface area (Å²) in [7, 11) is 0. The molecule has 4 rings (SSSR count). The van der Waals surface area contributed by atoms with Crippen LogP contribution in [0.2, 0.25) is 0 Å². The number of nitrogens with one attached hydrogen (secondary N) is 1. The van der Waals surface area contributed by atoms with E-state index in [0.29, 0.717) is 17.3 Å². The van der Waals surface area contributed by atoms with Gasteiger partial charge in [0.25, 0.3) is 5.91 Å². The third kappa shape index (κ3) is 5.07. The smallest absolute Gasteiger partial charge is 0.251 e. The van der Waals surface area contributed by atoms with Crippen molar-refractivity contribution in [2.24, 2.45) is 0 Å². The summed E-state index contributed by atoms with van der Waals surface area (Å²) >= 11 is 0. The van der Waals surface area contributed by atoms with Crippen molar-refractivity contribution < 1.29 is 9.21 Å². The van der Waals surface area contributed by atoms with E-state index < -0.39 is 0 Å². The zero-order valence-corrected chi connectivity index (χ0v) is 17.7. The second-order valence-electron chi connectivity index (χ2n) is 7.70. The molecule has 0 saturated carbocycles. The average Bonchev–Trinajstić information content (AvgIpc) is 3.29. The molecular formula is C26H25N3O2. The average molecular weight is 412 g/mol. The molecule has 156 valence electrons. The number of nitrogens with zero attached hydrogens (tertiary/aromatic N) is 2. The van der Waals surface area contributed by atoms with E-state index in [1.807, 2.05) is 68.4 Å². The van der Waals surface area contributed by atoms with Crippen LogP contribution in [0.3, 0.4) is 0 Å². The lowest BCUT2D eigenvalue weighted by molar-refractivity contribution is 0.0938. The van der Waals surface area contributed by atoms with Gasteiger partial charge in [-0.05, 0) is 68.1 Å². The van der Waals surface area contributed by atoms with Crippen molar-refractivity contribution in [2.45, 2.75) is 32.7 Å². The molecule has 5 nitrogen and oxygen atoms in total. The maximum absolute atomic E-state index is 12.6. The van der Waals surface area contributed by atoms with Crippen LogP contribution in [0.1, 0.15) is 34.8 Å². The molecule has 0 fully saturated rings. The van der Waals surface area contributed by atoms with Gasteiger partial charge in [-0.15, -0.1) is 10.2 Å². The van der Waals surface area contributed by atoms with Gasteiger partial charge in [0.1, 0.15) is 0 Å². The number of aryl methyl sites for hydroxylation is 2. The minimum Gasteiger partial charge on any atom is -0.416 e. The van der Waals surface area contributed by atoms with E-state index in [1.165, 1.54) is 5.56 Å². The van der Waals surface area contributed by atoms with E-state index in [-0.39, 0.29) is 11.9 Å². The van der Waals surface area contributed by atoms with Gasteiger partial charge in [0.05, 0.1) is 0 Å². The van der Waals surface area contributed by atoms with E-state index >= 15 is 0 Å². The SMILES string of the molecule is Cc1ccccc1-c1nnc(-c2ccc(C(=O)NC(C)CCc3ccccc3)cc2)o1. The number of rotatable bonds is 7. The highest BCUT2D eigenvalue weighted by molar-refractivity contribution is 5.94. The highest BCUT2D eigenvalue weighted by atomic mass is 16.4. The number of hydrogen-bond donors (Lipinski definition) is 1. The number of amides is 1. The maximum atomic E-state index is 12.6. The Labute approximate surface area is 182 Å². The molecule has 0 bridgehead atoms. The fraction of sp³-hybridized carbons (Fsp3) is 0.192. The Kier molecular flexibility index (Phi) is 6.22. The van der Waals surface area contributed by atoms with Crippen LogP contribution in [-0.2, 0) is 6.42 Å². The van der Waals surface area contributed by atoms with Gasteiger partial charge in [-0.25, -0.2) is 0 Å². The second-order valence-corrected chi connectivity index (χ2v) is 7.70. The standard InChI is InChI=1S/C26H25N3O2/c1-18-8-6-7-11-23(18)26-29-28-25(31-26)22-16-14-21(15-17-22)24(30)27-19(2)12-13-20-9-4-3-5-10-20/h3-11,14-17,19H,12-13H2,1-2H3,(H,27,30). The summed E-state index contributed by atoms with van der Waals surface area (Å²) in [6, 6.07) is 25.5. The normalized spacial score (nSPS) is 11.8. The van der Waals surface area contributed by atoms with Crippen molar-refractivity contribution >= 4 is 5.91 Å². The van der Waals surface area contributed by atoms with Gasteiger partial charge in [-0.1, -0.05) is 48.5 Å². The van der Waals surface area contributed by atoms with E-state index in [4.69, 9.17) is 4.42 Å². The maximum Gasteiger partial charge on any atom is 0.251 e. The highest BCUT2D eigenvalue weighted by Crippen LogP contribution is 2.26. The van der Waals surface area contributed by atoms with Gasteiger partial charge in [0, 0.05) is 22.7 Å². The second kappa shape index (κ2) is 9.39. The van der Waals surface area contributed by atoms with Crippen LogP contribution in [0, 0.1) is 6.92 Å². The minimum absolute atomic E-state index is 0.0833.